The summed E-state index contributed by atoms with van der Waals surface area (Å²) in [5.41, 5.74) is 0.862. The minimum Gasteiger partial charge on any atom is -0.478 e. The minimum atomic E-state index is -1.28. The quantitative estimate of drug-likeness (QED) is 0.118. The summed E-state index contributed by atoms with van der Waals surface area (Å²) in [5.74, 6) is 2.46. The Morgan fingerprint density at radius 2 is 0.875 bits per heavy atom. The molecule has 0 heterocycles. The molecule has 48 heavy (non-hydrogen) atoms. The van der Waals surface area contributed by atoms with Crippen LogP contribution in [-0.2, 0) is 0 Å². The van der Waals surface area contributed by atoms with Gasteiger partial charge in [-0.3, -0.25) is 9.59 Å². The van der Waals surface area contributed by atoms with Crippen molar-refractivity contribution in [3.05, 3.63) is 143 Å². The van der Waals surface area contributed by atoms with Gasteiger partial charge < -0.3 is 30.3 Å². The lowest BCUT2D eigenvalue weighted by Gasteiger charge is -2.12. The highest BCUT2D eigenvalue weighted by Crippen LogP contribution is 2.31. The molecule has 2 amide bonds. The van der Waals surface area contributed by atoms with E-state index in [1.54, 1.807) is 72.8 Å². The van der Waals surface area contributed by atoms with Crippen LogP contribution < -0.4 is 20.1 Å². The van der Waals surface area contributed by atoms with Crippen molar-refractivity contribution in [3.8, 4) is 47.7 Å². The maximum atomic E-state index is 12.9. The molecular weight excluding hydrogens is 612 g/mol. The van der Waals surface area contributed by atoms with Gasteiger partial charge in [0.1, 0.15) is 23.0 Å². The molecule has 0 aromatic heterocycles. The van der Waals surface area contributed by atoms with Crippen molar-refractivity contribution in [2.45, 2.75) is 0 Å². The van der Waals surface area contributed by atoms with Crippen LogP contribution in [0.4, 0.5) is 11.4 Å². The Morgan fingerprint density at radius 3 is 1.25 bits per heavy atom. The molecule has 0 bridgehead atoms. The van der Waals surface area contributed by atoms with Crippen LogP contribution in [0, 0.1) is 24.7 Å². The number of carboxylic acids is 2. The number of nitrogens with one attached hydrogen (secondary N) is 2. The molecule has 0 fully saturated rings. The second kappa shape index (κ2) is 14.2. The first-order chi connectivity index (χ1) is 23.1. The Balaban J connectivity index is 1.26. The highest BCUT2D eigenvalue weighted by Gasteiger charge is 2.19. The van der Waals surface area contributed by atoms with E-state index in [-0.39, 0.29) is 22.3 Å². The summed E-state index contributed by atoms with van der Waals surface area (Å²) in [5, 5.41) is 24.4. The number of carboxylic acid groups (broad SMARTS) is 2. The van der Waals surface area contributed by atoms with E-state index in [0.717, 1.165) is 0 Å². The number of hydrogen-bond donors (Lipinski definition) is 4. The van der Waals surface area contributed by atoms with Gasteiger partial charge >= 0.3 is 11.9 Å². The van der Waals surface area contributed by atoms with E-state index in [0.29, 0.717) is 45.5 Å². The summed E-state index contributed by atoms with van der Waals surface area (Å²) >= 11 is 0. The van der Waals surface area contributed by atoms with Gasteiger partial charge in [0.25, 0.3) is 11.8 Å². The molecule has 0 radical (unpaired) electrons. The third kappa shape index (κ3) is 7.67. The van der Waals surface area contributed by atoms with E-state index < -0.39 is 23.8 Å². The maximum Gasteiger partial charge on any atom is 0.336 e. The van der Waals surface area contributed by atoms with Crippen LogP contribution in [0.1, 0.15) is 52.6 Å². The van der Waals surface area contributed by atoms with Crippen molar-refractivity contribution in [2.75, 3.05) is 10.6 Å². The van der Waals surface area contributed by atoms with Crippen LogP contribution in [0.5, 0.6) is 23.0 Å². The fourth-order valence-corrected chi connectivity index (χ4v) is 4.56. The van der Waals surface area contributed by atoms with Crippen LogP contribution in [0.3, 0.4) is 0 Å². The predicted octanol–water partition coefficient (Wildman–Crippen LogP) is 7.13. The fraction of sp³-hybridized carbons (Fsp3) is 0. The normalized spacial score (nSPS) is 10.1. The van der Waals surface area contributed by atoms with E-state index in [1.807, 2.05) is 0 Å². The van der Waals surface area contributed by atoms with Gasteiger partial charge in [0, 0.05) is 40.7 Å². The standard InChI is InChI=1S/C38H24N2O8/c1-3-23-14-16-31(33(18-23)37(43)44)35(41)39-25-8-5-10-27(20-25)47-29-12-7-13-30(22-29)48-28-11-6-9-26(21-28)40-36(42)32-17-15-24(4-2)19-34(32)38(45)46/h1-2,5-22H,(H,39,41)(H,40,42)(H,43,44)(H,45,46). The minimum absolute atomic E-state index is 0.0509. The average molecular weight is 637 g/mol. The lowest BCUT2D eigenvalue weighted by atomic mass is 10.0. The Kier molecular flexibility index (Phi) is 9.50. The first kappa shape index (κ1) is 32.1. The van der Waals surface area contributed by atoms with E-state index in [1.165, 1.54) is 36.4 Å². The second-order valence-electron chi connectivity index (χ2n) is 10.1. The monoisotopic (exact) mass is 636 g/mol. The number of carbonyl (C=O) groups is 4. The summed E-state index contributed by atoms with van der Waals surface area (Å²) in [6, 6.07) is 28.0. The number of hydrogen-bond acceptors (Lipinski definition) is 6. The SMILES string of the molecule is C#Cc1ccc(C(=O)Nc2cccc(Oc3cccc(Oc4cccc(NC(=O)c5ccc(C#C)cc5C(=O)O)c4)c3)c2)c(C(=O)O)c1. The number of carbonyl (C=O) groups excluding carboxylic acids is 2. The Morgan fingerprint density at radius 1 is 0.500 bits per heavy atom. The molecule has 0 saturated heterocycles. The van der Waals surface area contributed by atoms with Crippen molar-refractivity contribution in [3.63, 3.8) is 0 Å². The molecule has 0 aliphatic heterocycles. The molecule has 10 heteroatoms. The number of ether oxygens (including phenoxy) is 2. The van der Waals surface area contributed by atoms with E-state index in [4.69, 9.17) is 22.3 Å². The van der Waals surface area contributed by atoms with Crippen molar-refractivity contribution in [1.82, 2.24) is 0 Å². The molecule has 10 nitrogen and oxygen atoms in total. The third-order valence-corrected chi connectivity index (χ3v) is 6.78. The fourth-order valence-electron chi connectivity index (χ4n) is 4.56. The highest BCUT2D eigenvalue weighted by atomic mass is 16.5. The summed E-state index contributed by atoms with van der Waals surface area (Å²) in [6.07, 6.45) is 10.7. The van der Waals surface area contributed by atoms with Gasteiger partial charge in [-0.25, -0.2) is 9.59 Å². The smallest absolute Gasteiger partial charge is 0.336 e. The van der Waals surface area contributed by atoms with Crippen molar-refractivity contribution in [2.24, 2.45) is 0 Å². The summed E-state index contributed by atoms with van der Waals surface area (Å²) in [6.45, 7) is 0. The molecule has 0 unspecified atom stereocenters. The van der Waals surface area contributed by atoms with E-state index in [2.05, 4.69) is 22.5 Å². The molecule has 4 N–H and O–H groups in total. The van der Waals surface area contributed by atoms with E-state index in [9.17, 15) is 29.4 Å². The van der Waals surface area contributed by atoms with Crippen LogP contribution >= 0.6 is 0 Å². The number of anilines is 2. The largest absolute Gasteiger partial charge is 0.478 e. The van der Waals surface area contributed by atoms with Gasteiger partial charge in [-0.1, -0.05) is 30.0 Å². The van der Waals surface area contributed by atoms with E-state index >= 15 is 0 Å². The lowest BCUT2D eigenvalue weighted by molar-refractivity contribution is 0.0683. The second-order valence-corrected chi connectivity index (χ2v) is 10.1. The molecule has 0 aliphatic rings. The van der Waals surface area contributed by atoms with Gasteiger partial charge in [0.05, 0.1) is 22.3 Å². The summed E-state index contributed by atoms with van der Waals surface area (Å²) < 4.78 is 12.0. The summed E-state index contributed by atoms with van der Waals surface area (Å²) in [7, 11) is 0. The molecule has 0 atom stereocenters. The molecule has 5 aromatic carbocycles. The lowest BCUT2D eigenvalue weighted by Crippen LogP contribution is -2.16. The van der Waals surface area contributed by atoms with Crippen molar-refractivity contribution in [1.29, 1.82) is 0 Å². The van der Waals surface area contributed by atoms with Gasteiger partial charge in [0.15, 0.2) is 0 Å². The molecule has 0 saturated carbocycles. The number of aromatic carboxylic acids is 2. The first-order valence-electron chi connectivity index (χ1n) is 14.1. The molecule has 5 rings (SSSR count). The van der Waals surface area contributed by atoms with Crippen LogP contribution in [0.15, 0.2) is 109 Å². The highest BCUT2D eigenvalue weighted by molar-refractivity contribution is 6.11. The number of amides is 2. The topological polar surface area (TPSA) is 151 Å². The first-order valence-corrected chi connectivity index (χ1v) is 14.1. The van der Waals surface area contributed by atoms with Crippen molar-refractivity contribution < 1.29 is 38.9 Å². The van der Waals surface area contributed by atoms with Gasteiger partial charge in [0.2, 0.25) is 0 Å². The van der Waals surface area contributed by atoms with Gasteiger partial charge in [-0.15, -0.1) is 12.8 Å². The van der Waals surface area contributed by atoms with Gasteiger partial charge in [-0.2, -0.15) is 0 Å². The average Bonchev–Trinajstić information content (AvgIpc) is 3.08. The third-order valence-electron chi connectivity index (χ3n) is 6.78. The molecular formula is C38H24N2O8. The number of benzene rings is 5. The zero-order valence-corrected chi connectivity index (χ0v) is 24.9. The number of rotatable bonds is 10. The Labute approximate surface area is 274 Å². The Bertz CT molecular complexity index is 2020. The number of terminal acetylenes is 2. The predicted molar refractivity (Wildman–Crippen MR) is 178 cm³/mol. The molecule has 0 spiro atoms. The van der Waals surface area contributed by atoms with Crippen molar-refractivity contribution >= 4 is 35.1 Å². The zero-order chi connectivity index (χ0) is 34.2. The molecule has 0 aliphatic carbocycles. The summed E-state index contributed by atoms with van der Waals surface area (Å²) in [4.78, 5) is 49.2. The maximum absolute atomic E-state index is 12.9. The zero-order valence-electron chi connectivity index (χ0n) is 24.9. The van der Waals surface area contributed by atoms with Crippen LogP contribution in [0.25, 0.3) is 0 Å². The Hall–Kier alpha value is -7.30. The van der Waals surface area contributed by atoms with Gasteiger partial charge in [-0.05, 0) is 72.8 Å². The van der Waals surface area contributed by atoms with Crippen LogP contribution in [0.2, 0.25) is 0 Å². The van der Waals surface area contributed by atoms with Crippen LogP contribution in [-0.4, -0.2) is 34.0 Å². The molecule has 5 aromatic rings. The molecule has 234 valence electrons.